The highest BCUT2D eigenvalue weighted by molar-refractivity contribution is 5.45. The Morgan fingerprint density at radius 3 is 2.67 bits per heavy atom. The number of hydrogen-bond acceptors (Lipinski definition) is 4. The molecule has 0 spiro atoms. The third kappa shape index (κ3) is 3.73. The van der Waals surface area contributed by atoms with E-state index in [-0.39, 0.29) is 0 Å². The molecule has 1 aromatic heterocycles. The van der Waals surface area contributed by atoms with Crippen LogP contribution in [0.5, 0.6) is 5.75 Å². The largest absolute Gasteiger partial charge is 0.496 e. The maximum atomic E-state index is 5.77. The summed E-state index contributed by atoms with van der Waals surface area (Å²) in [6, 6.07) is 12.2. The average molecular weight is 285 g/mol. The number of hydrogen-bond donors (Lipinski definition) is 1. The minimum absolute atomic E-state index is 0.533. The molecule has 4 heteroatoms. The van der Waals surface area contributed by atoms with Crippen molar-refractivity contribution in [1.29, 1.82) is 0 Å². The Balaban J connectivity index is 2.25. The van der Waals surface area contributed by atoms with Crippen molar-refractivity contribution in [2.45, 2.75) is 26.4 Å². The molecule has 21 heavy (non-hydrogen) atoms. The van der Waals surface area contributed by atoms with Gasteiger partial charge in [0.2, 0.25) is 0 Å². The number of para-hydroxylation sites is 1. The minimum Gasteiger partial charge on any atom is -0.496 e. The number of aryl methyl sites for hydroxylation is 1. The predicted octanol–water partition coefficient (Wildman–Crippen LogP) is 2.75. The fourth-order valence-corrected chi connectivity index (χ4v) is 2.30. The van der Waals surface area contributed by atoms with Gasteiger partial charge in [-0.15, -0.1) is 0 Å². The molecule has 0 radical (unpaired) electrons. The van der Waals surface area contributed by atoms with Crippen molar-refractivity contribution in [3.05, 3.63) is 53.2 Å². The smallest absolute Gasteiger partial charge is 0.129 e. The first-order valence-electron chi connectivity index (χ1n) is 7.20. The molecule has 0 saturated heterocycles. The number of nitrogens with two attached hydrogens (primary N) is 1. The van der Waals surface area contributed by atoms with Crippen LogP contribution in [0.1, 0.15) is 23.7 Å². The van der Waals surface area contributed by atoms with Crippen molar-refractivity contribution >= 4 is 5.82 Å². The Kier molecular flexibility index (Phi) is 5.17. The maximum absolute atomic E-state index is 5.77. The molecule has 0 aliphatic heterocycles. The Hall–Kier alpha value is -2.07. The summed E-state index contributed by atoms with van der Waals surface area (Å²) >= 11 is 0. The maximum Gasteiger partial charge on any atom is 0.129 e. The van der Waals surface area contributed by atoms with Gasteiger partial charge in [-0.3, -0.25) is 0 Å². The highest BCUT2D eigenvalue weighted by atomic mass is 16.5. The van der Waals surface area contributed by atoms with Gasteiger partial charge in [-0.1, -0.05) is 25.1 Å². The van der Waals surface area contributed by atoms with Crippen LogP contribution in [0.4, 0.5) is 5.82 Å². The zero-order chi connectivity index (χ0) is 15.2. The van der Waals surface area contributed by atoms with E-state index in [2.05, 4.69) is 35.0 Å². The molecule has 0 amide bonds. The molecule has 0 aliphatic rings. The zero-order valence-electron chi connectivity index (χ0n) is 13.0. The molecule has 0 atom stereocenters. The number of benzene rings is 1. The lowest BCUT2D eigenvalue weighted by atomic mass is 10.1. The fraction of sp³-hybridized carbons (Fsp3) is 0.353. The molecule has 2 N–H and O–H groups in total. The second-order valence-electron chi connectivity index (χ2n) is 5.05. The van der Waals surface area contributed by atoms with Gasteiger partial charge >= 0.3 is 0 Å². The number of ether oxygens (including phenoxy) is 1. The number of pyridine rings is 1. The van der Waals surface area contributed by atoms with Crippen molar-refractivity contribution in [2.75, 3.05) is 19.1 Å². The van der Waals surface area contributed by atoms with E-state index >= 15 is 0 Å². The number of aromatic nitrogens is 1. The molecule has 1 heterocycles. The van der Waals surface area contributed by atoms with Crippen molar-refractivity contribution in [3.8, 4) is 5.75 Å². The summed E-state index contributed by atoms with van der Waals surface area (Å²) in [6.45, 7) is 3.38. The van der Waals surface area contributed by atoms with Crippen LogP contribution in [-0.2, 0) is 19.5 Å². The number of methoxy groups -OCH3 is 1. The van der Waals surface area contributed by atoms with Gasteiger partial charge in [-0.2, -0.15) is 0 Å². The second kappa shape index (κ2) is 7.09. The first-order chi connectivity index (χ1) is 10.2. The first-order valence-corrected chi connectivity index (χ1v) is 7.20. The molecule has 0 fully saturated rings. The summed E-state index contributed by atoms with van der Waals surface area (Å²) < 4.78 is 5.40. The van der Waals surface area contributed by atoms with Gasteiger partial charge in [0.25, 0.3) is 0 Å². The standard InChI is InChI=1S/C17H23N3O/c1-4-15-9-13(11-18)10-17(19-15)20(2)12-14-7-5-6-8-16(14)21-3/h5-10H,4,11-12,18H2,1-3H3. The van der Waals surface area contributed by atoms with E-state index < -0.39 is 0 Å². The summed E-state index contributed by atoms with van der Waals surface area (Å²) in [5, 5.41) is 0. The topological polar surface area (TPSA) is 51.4 Å². The molecule has 0 bridgehead atoms. The molecule has 1 aromatic carbocycles. The Bertz CT molecular complexity index is 576. The Morgan fingerprint density at radius 2 is 2.00 bits per heavy atom. The van der Waals surface area contributed by atoms with E-state index in [1.54, 1.807) is 7.11 Å². The van der Waals surface area contributed by atoms with Crippen LogP contribution in [-0.4, -0.2) is 19.1 Å². The van der Waals surface area contributed by atoms with Gasteiger partial charge in [0, 0.05) is 31.4 Å². The minimum atomic E-state index is 0.533. The van der Waals surface area contributed by atoms with Gasteiger partial charge < -0.3 is 15.4 Å². The van der Waals surface area contributed by atoms with Crippen LogP contribution in [0.2, 0.25) is 0 Å². The normalized spacial score (nSPS) is 10.5. The molecule has 112 valence electrons. The predicted molar refractivity (Wildman–Crippen MR) is 86.6 cm³/mol. The molecule has 0 aliphatic carbocycles. The van der Waals surface area contributed by atoms with Gasteiger partial charge in [-0.25, -0.2) is 4.98 Å². The van der Waals surface area contributed by atoms with E-state index in [1.165, 1.54) is 0 Å². The van der Waals surface area contributed by atoms with Gasteiger partial charge in [0.1, 0.15) is 11.6 Å². The monoisotopic (exact) mass is 285 g/mol. The highest BCUT2D eigenvalue weighted by Gasteiger charge is 2.09. The summed E-state index contributed by atoms with van der Waals surface area (Å²) in [5.41, 5.74) is 9.10. The van der Waals surface area contributed by atoms with E-state index in [4.69, 9.17) is 10.5 Å². The average Bonchev–Trinajstić information content (AvgIpc) is 2.54. The SMILES string of the molecule is CCc1cc(CN)cc(N(C)Cc2ccccc2OC)n1. The molecule has 2 rings (SSSR count). The van der Waals surface area contributed by atoms with Gasteiger partial charge in [0.15, 0.2) is 0 Å². The van der Waals surface area contributed by atoms with Crippen LogP contribution >= 0.6 is 0 Å². The molecule has 4 nitrogen and oxygen atoms in total. The molecule has 0 saturated carbocycles. The highest BCUT2D eigenvalue weighted by Crippen LogP contribution is 2.22. The van der Waals surface area contributed by atoms with Crippen LogP contribution in [0, 0.1) is 0 Å². The lowest BCUT2D eigenvalue weighted by Gasteiger charge is -2.21. The molecule has 2 aromatic rings. The zero-order valence-corrected chi connectivity index (χ0v) is 13.0. The third-order valence-electron chi connectivity index (χ3n) is 3.51. The quantitative estimate of drug-likeness (QED) is 0.886. The first kappa shape index (κ1) is 15.3. The Morgan fingerprint density at radius 1 is 1.24 bits per heavy atom. The summed E-state index contributed by atoms with van der Waals surface area (Å²) in [7, 11) is 3.73. The van der Waals surface area contributed by atoms with Crippen molar-refractivity contribution < 1.29 is 4.74 Å². The summed E-state index contributed by atoms with van der Waals surface area (Å²) in [5.74, 6) is 1.84. The van der Waals surface area contributed by atoms with Crippen LogP contribution in [0.25, 0.3) is 0 Å². The molecule has 0 unspecified atom stereocenters. The molecular formula is C17H23N3O. The van der Waals surface area contributed by atoms with Crippen LogP contribution in [0.15, 0.2) is 36.4 Å². The fourth-order valence-electron chi connectivity index (χ4n) is 2.30. The second-order valence-corrected chi connectivity index (χ2v) is 5.05. The van der Waals surface area contributed by atoms with Crippen LogP contribution < -0.4 is 15.4 Å². The van der Waals surface area contributed by atoms with E-state index in [0.29, 0.717) is 6.54 Å². The summed E-state index contributed by atoms with van der Waals surface area (Å²) in [6.07, 6.45) is 0.906. The van der Waals surface area contributed by atoms with Crippen molar-refractivity contribution in [3.63, 3.8) is 0 Å². The number of nitrogens with zero attached hydrogens (tertiary/aromatic N) is 2. The van der Waals surface area contributed by atoms with Gasteiger partial charge in [0.05, 0.1) is 7.11 Å². The lowest BCUT2D eigenvalue weighted by molar-refractivity contribution is 0.409. The molecular weight excluding hydrogens is 262 g/mol. The summed E-state index contributed by atoms with van der Waals surface area (Å²) in [4.78, 5) is 6.80. The lowest BCUT2D eigenvalue weighted by Crippen LogP contribution is -2.19. The van der Waals surface area contributed by atoms with Crippen LogP contribution in [0.3, 0.4) is 0 Å². The van der Waals surface area contributed by atoms with E-state index in [9.17, 15) is 0 Å². The van der Waals surface area contributed by atoms with E-state index in [0.717, 1.165) is 41.4 Å². The Labute approximate surface area is 126 Å². The van der Waals surface area contributed by atoms with Crippen molar-refractivity contribution in [1.82, 2.24) is 4.98 Å². The third-order valence-corrected chi connectivity index (χ3v) is 3.51. The van der Waals surface area contributed by atoms with E-state index in [1.807, 2.05) is 25.2 Å². The number of rotatable bonds is 6. The number of anilines is 1. The van der Waals surface area contributed by atoms with Crippen molar-refractivity contribution in [2.24, 2.45) is 5.73 Å². The van der Waals surface area contributed by atoms with Gasteiger partial charge in [-0.05, 0) is 30.2 Å².